The monoisotopic (exact) mass is 980 g/mol. The summed E-state index contributed by atoms with van der Waals surface area (Å²) in [6.07, 6.45) is 7.51. The number of aromatic hydroxyl groups is 1. The minimum absolute atomic E-state index is 0. The van der Waals surface area contributed by atoms with Gasteiger partial charge in [0.2, 0.25) is 0 Å². The molecule has 1 aromatic heterocycles. The topological polar surface area (TPSA) is 45.5 Å². The minimum atomic E-state index is -0.104. The van der Waals surface area contributed by atoms with E-state index in [1.165, 1.54) is 49.9 Å². The van der Waals surface area contributed by atoms with E-state index >= 15 is 0 Å². The number of hydrogen-bond donors (Lipinski definition) is 1. The number of nitrogens with zero attached hydrogens (tertiary/aromatic N) is 2. The van der Waals surface area contributed by atoms with Gasteiger partial charge in [0.25, 0.3) is 0 Å². The van der Waals surface area contributed by atoms with Crippen LogP contribution in [-0.2, 0) is 33.9 Å². The Bertz CT molecular complexity index is 2680. The van der Waals surface area contributed by atoms with Crippen molar-refractivity contribution in [3.8, 4) is 16.9 Å². The van der Waals surface area contributed by atoms with Crippen molar-refractivity contribution >= 4 is 22.2 Å². The first-order valence-corrected chi connectivity index (χ1v) is 21.8. The number of aliphatic imine (C=N–C) groups is 1. The molecular weight excluding hydrogens is 924 g/mol. The van der Waals surface area contributed by atoms with E-state index in [-0.39, 0.29) is 32.7 Å². The van der Waals surface area contributed by atoms with Crippen LogP contribution in [0.5, 0.6) is 5.75 Å². The summed E-state index contributed by atoms with van der Waals surface area (Å²) in [6.45, 7) is 18.1. The minimum Gasteiger partial charge on any atom is -0.507 e. The van der Waals surface area contributed by atoms with Crippen LogP contribution in [0, 0.1) is 6.07 Å². The predicted molar refractivity (Wildman–Crippen MR) is 253 cm³/mol. The summed E-state index contributed by atoms with van der Waals surface area (Å²) < 4.78 is 0. The molecule has 0 spiro atoms. The van der Waals surface area contributed by atoms with Crippen molar-refractivity contribution in [2.75, 3.05) is 0 Å². The molecule has 0 saturated heterocycles. The second-order valence-electron chi connectivity index (χ2n) is 17.9. The molecule has 8 rings (SSSR count). The van der Waals surface area contributed by atoms with Crippen molar-refractivity contribution in [2.45, 2.75) is 97.8 Å². The van der Waals surface area contributed by atoms with E-state index in [1.54, 1.807) is 0 Å². The van der Waals surface area contributed by atoms with Crippen LogP contribution < -0.4 is 0 Å². The molecule has 312 valence electrons. The number of allylic oxidation sites excluding steroid dienone is 1. The number of rotatable bonds is 12. The maximum atomic E-state index is 12.6. The molecular formula is C57H57N2OPt-. The van der Waals surface area contributed by atoms with Gasteiger partial charge >= 0.3 is 0 Å². The maximum absolute atomic E-state index is 12.6. The molecule has 0 fully saturated rings. The molecule has 61 heavy (non-hydrogen) atoms. The van der Waals surface area contributed by atoms with Gasteiger partial charge in [0.05, 0.1) is 5.70 Å². The van der Waals surface area contributed by atoms with Crippen molar-refractivity contribution in [3.05, 3.63) is 207 Å². The van der Waals surface area contributed by atoms with Gasteiger partial charge in [0.15, 0.2) is 0 Å². The number of pyridine rings is 1. The predicted octanol–water partition coefficient (Wildman–Crippen LogP) is 14.7. The van der Waals surface area contributed by atoms with Crippen LogP contribution in [0.3, 0.4) is 0 Å². The van der Waals surface area contributed by atoms with E-state index in [0.717, 1.165) is 51.0 Å². The van der Waals surface area contributed by atoms with Crippen LogP contribution in [0.4, 0.5) is 0 Å². The molecule has 2 heterocycles. The number of phenols is 1. The third kappa shape index (κ3) is 9.44. The number of aromatic nitrogens is 1. The van der Waals surface area contributed by atoms with Crippen LogP contribution in [0.25, 0.3) is 27.6 Å². The summed E-state index contributed by atoms with van der Waals surface area (Å²) in [5.74, 6) is 1.69. The molecule has 4 heteroatoms. The van der Waals surface area contributed by atoms with E-state index in [0.29, 0.717) is 30.1 Å². The molecule has 3 nitrogen and oxygen atoms in total. The number of hydrogen-bond acceptors (Lipinski definition) is 3. The number of benzene rings is 6. The number of phenolic OH excluding ortho intramolecular Hbond substituents is 1. The first-order chi connectivity index (χ1) is 28.9. The van der Waals surface area contributed by atoms with Crippen LogP contribution in [0.1, 0.15) is 146 Å². The molecule has 1 aliphatic heterocycles. The Morgan fingerprint density at radius 2 is 1.13 bits per heavy atom. The summed E-state index contributed by atoms with van der Waals surface area (Å²) >= 11 is 0. The fraction of sp³-hybridized carbons (Fsp3) is 0.263. The van der Waals surface area contributed by atoms with Gasteiger partial charge in [-0.15, -0.1) is 35.9 Å². The molecule has 7 aromatic rings. The Balaban J connectivity index is 0.00000561. The largest absolute Gasteiger partial charge is 0.507 e. The summed E-state index contributed by atoms with van der Waals surface area (Å²) in [7, 11) is 0. The zero-order chi connectivity index (χ0) is 42.1. The fourth-order valence-electron chi connectivity index (χ4n) is 8.54. The molecule has 0 radical (unpaired) electrons. The fourth-order valence-corrected chi connectivity index (χ4v) is 8.54. The number of fused-ring (bicyclic) bond motifs is 1. The normalized spacial score (nSPS) is 13.9. The molecule has 0 bridgehead atoms. The molecule has 1 atom stereocenters. The van der Waals surface area contributed by atoms with E-state index in [2.05, 4.69) is 182 Å². The summed E-state index contributed by atoms with van der Waals surface area (Å²) in [5, 5.41) is 15.0. The molecule has 0 aliphatic carbocycles. The smallest absolute Gasteiger partial charge is 0.128 e. The van der Waals surface area contributed by atoms with E-state index in [9.17, 15) is 5.11 Å². The van der Waals surface area contributed by atoms with Gasteiger partial charge in [-0.05, 0) is 115 Å². The van der Waals surface area contributed by atoms with Gasteiger partial charge < -0.3 is 5.11 Å². The van der Waals surface area contributed by atoms with Gasteiger partial charge in [-0.25, -0.2) is 0 Å². The van der Waals surface area contributed by atoms with Crippen LogP contribution in [0.15, 0.2) is 145 Å². The SMILES string of the molecule is CC(C)c1cc(-c2cc(Cc3ccccc3Cc3cncc4ccccc34)c(O)c(C3=CC(c4cc(C(C)C)cc(C(C)C)c4)C(c4[c-]cccc4)=N3)c2)cc(C(C)C)c1.[Pt]. The van der Waals surface area contributed by atoms with Crippen LogP contribution in [0.2, 0.25) is 0 Å². The van der Waals surface area contributed by atoms with Crippen molar-refractivity contribution in [2.24, 2.45) is 4.99 Å². The average Bonchev–Trinajstić information content (AvgIpc) is 3.70. The van der Waals surface area contributed by atoms with Gasteiger partial charge in [0.1, 0.15) is 5.75 Å². The zero-order valence-corrected chi connectivity index (χ0v) is 39.0. The average molecular weight is 981 g/mol. The summed E-state index contributed by atoms with van der Waals surface area (Å²) in [6, 6.07) is 47.2. The first kappa shape index (κ1) is 43.7. The second kappa shape index (κ2) is 18.7. The van der Waals surface area contributed by atoms with Crippen molar-refractivity contribution in [1.29, 1.82) is 0 Å². The Hall–Kier alpha value is -5.37. The standard InChI is InChI=1S/C57H57N2O.Pt/c1-35(2)43-24-44(36(3)4)27-47(26-43)48-30-50(22-40-18-12-13-19-41(40)23-51-34-58-33-42-20-14-15-21-52(42)51)57(60)54(31-48)55-32-53(56(59-55)39-16-10-9-11-17-39)49-28-45(37(5)6)25-46(29-49)38(7)8;/h9-16,18-21,24-38,53,60H,22-23H2,1-8H3;/q-1;. The zero-order valence-electron chi connectivity index (χ0n) is 36.7. The van der Waals surface area contributed by atoms with Gasteiger partial charge in [-0.3, -0.25) is 9.98 Å². The second-order valence-corrected chi connectivity index (χ2v) is 17.9. The summed E-state index contributed by atoms with van der Waals surface area (Å²) in [5.41, 5.74) is 16.6. The van der Waals surface area contributed by atoms with E-state index in [4.69, 9.17) is 4.99 Å². The van der Waals surface area contributed by atoms with E-state index in [1.807, 2.05) is 24.5 Å². The Morgan fingerprint density at radius 1 is 0.574 bits per heavy atom. The molecule has 6 aromatic carbocycles. The van der Waals surface area contributed by atoms with Gasteiger partial charge in [0, 0.05) is 56.7 Å². The Kier molecular flexibility index (Phi) is 13.4. The van der Waals surface area contributed by atoms with Crippen molar-refractivity contribution in [1.82, 2.24) is 4.98 Å². The molecule has 0 amide bonds. The molecule has 0 saturated carbocycles. The van der Waals surface area contributed by atoms with Crippen LogP contribution in [-0.4, -0.2) is 15.8 Å². The molecule has 1 aliphatic rings. The van der Waals surface area contributed by atoms with Gasteiger partial charge in [-0.1, -0.05) is 146 Å². The molecule has 1 N–H and O–H groups in total. The molecule has 1 unspecified atom stereocenters. The quantitative estimate of drug-likeness (QED) is 0.124. The van der Waals surface area contributed by atoms with Gasteiger partial charge in [-0.2, -0.15) is 0 Å². The summed E-state index contributed by atoms with van der Waals surface area (Å²) in [4.78, 5) is 10.1. The van der Waals surface area contributed by atoms with Crippen LogP contribution >= 0.6 is 0 Å². The van der Waals surface area contributed by atoms with Crippen molar-refractivity contribution < 1.29 is 26.2 Å². The van der Waals surface area contributed by atoms with Crippen molar-refractivity contribution in [3.63, 3.8) is 0 Å². The maximum Gasteiger partial charge on any atom is 0.128 e. The Morgan fingerprint density at radius 3 is 1.74 bits per heavy atom. The van der Waals surface area contributed by atoms with E-state index < -0.39 is 0 Å². The third-order valence-corrected chi connectivity index (χ3v) is 12.3. The Labute approximate surface area is 378 Å². The first-order valence-electron chi connectivity index (χ1n) is 21.8. The third-order valence-electron chi connectivity index (χ3n) is 12.3.